The SMILES string of the molecule is COCCN(Cc1nc2ccccc2c(=O)[nH]1)C(=O)CN(C)S(=O)(=O)c1ccc(C)cc1. The summed E-state index contributed by atoms with van der Waals surface area (Å²) in [6.45, 7) is 1.98. The molecular formula is C22H26N4O5S. The summed E-state index contributed by atoms with van der Waals surface area (Å²) in [4.78, 5) is 34.0. The van der Waals surface area contributed by atoms with E-state index < -0.39 is 15.9 Å². The molecule has 1 heterocycles. The standard InChI is InChI=1S/C22H26N4O5S/c1-16-8-10-17(11-9-16)32(29,30)25(2)15-21(27)26(12-13-31-3)14-20-23-19-7-5-4-6-18(19)22(28)24-20/h4-11H,12-15H2,1-3H3,(H,23,24,28). The second-order valence-corrected chi connectivity index (χ2v) is 9.46. The monoisotopic (exact) mass is 458 g/mol. The van der Waals surface area contributed by atoms with Crippen molar-refractivity contribution >= 4 is 26.8 Å². The minimum atomic E-state index is -3.83. The van der Waals surface area contributed by atoms with Crippen LogP contribution in [0.3, 0.4) is 0 Å². The number of likely N-dealkylation sites (N-methyl/N-ethyl adjacent to an activating group) is 1. The first-order valence-corrected chi connectivity index (χ1v) is 11.4. The molecule has 0 aliphatic heterocycles. The number of carbonyl (C=O) groups is 1. The number of aromatic amines is 1. The molecule has 1 N–H and O–H groups in total. The molecule has 10 heteroatoms. The number of hydrogen-bond acceptors (Lipinski definition) is 6. The number of amides is 1. The molecule has 0 saturated carbocycles. The maximum Gasteiger partial charge on any atom is 0.258 e. The van der Waals surface area contributed by atoms with Crippen LogP contribution in [0.15, 0.2) is 58.2 Å². The van der Waals surface area contributed by atoms with Crippen molar-refractivity contribution in [1.82, 2.24) is 19.2 Å². The van der Waals surface area contributed by atoms with Crippen LogP contribution in [-0.4, -0.2) is 67.4 Å². The van der Waals surface area contributed by atoms with Gasteiger partial charge in [-0.25, -0.2) is 13.4 Å². The Balaban J connectivity index is 1.80. The fourth-order valence-electron chi connectivity index (χ4n) is 3.15. The van der Waals surface area contributed by atoms with Gasteiger partial charge in [-0.15, -0.1) is 0 Å². The molecule has 0 unspecified atom stereocenters. The first-order valence-electron chi connectivity index (χ1n) is 10.00. The highest BCUT2D eigenvalue weighted by Crippen LogP contribution is 2.15. The second-order valence-electron chi connectivity index (χ2n) is 7.41. The van der Waals surface area contributed by atoms with Crippen molar-refractivity contribution < 1.29 is 17.9 Å². The number of rotatable bonds is 9. The summed E-state index contributed by atoms with van der Waals surface area (Å²) in [5.41, 5.74) is 1.15. The lowest BCUT2D eigenvalue weighted by atomic mass is 10.2. The number of methoxy groups -OCH3 is 1. The Morgan fingerprint density at radius 1 is 1.12 bits per heavy atom. The van der Waals surface area contributed by atoms with Crippen LogP contribution in [0, 0.1) is 6.92 Å². The van der Waals surface area contributed by atoms with Crippen molar-refractivity contribution in [3.05, 3.63) is 70.3 Å². The number of H-pyrrole nitrogens is 1. The fourth-order valence-corrected chi connectivity index (χ4v) is 4.27. The fraction of sp³-hybridized carbons (Fsp3) is 0.318. The van der Waals surface area contributed by atoms with Gasteiger partial charge in [-0.3, -0.25) is 9.59 Å². The van der Waals surface area contributed by atoms with Gasteiger partial charge in [0.2, 0.25) is 15.9 Å². The van der Waals surface area contributed by atoms with Crippen LogP contribution in [0.1, 0.15) is 11.4 Å². The number of nitrogens with zero attached hydrogens (tertiary/aromatic N) is 3. The highest BCUT2D eigenvalue weighted by molar-refractivity contribution is 7.89. The van der Waals surface area contributed by atoms with Gasteiger partial charge in [0.05, 0.1) is 35.5 Å². The Hall–Kier alpha value is -3.08. The minimum Gasteiger partial charge on any atom is -0.383 e. The van der Waals surface area contributed by atoms with Crippen molar-refractivity contribution in [2.24, 2.45) is 0 Å². The van der Waals surface area contributed by atoms with Crippen LogP contribution in [0.25, 0.3) is 10.9 Å². The van der Waals surface area contributed by atoms with E-state index in [2.05, 4.69) is 9.97 Å². The molecule has 170 valence electrons. The van der Waals surface area contributed by atoms with Crippen molar-refractivity contribution in [3.63, 3.8) is 0 Å². The number of ether oxygens (including phenoxy) is 1. The van der Waals surface area contributed by atoms with Gasteiger partial charge in [-0.2, -0.15) is 4.31 Å². The molecule has 0 bridgehead atoms. The minimum absolute atomic E-state index is 0.0146. The molecule has 1 aromatic heterocycles. The maximum atomic E-state index is 13.0. The van der Waals surface area contributed by atoms with Crippen LogP contribution in [0.2, 0.25) is 0 Å². The molecule has 0 spiro atoms. The molecule has 1 amide bonds. The molecular weight excluding hydrogens is 432 g/mol. The molecule has 0 atom stereocenters. The van der Waals surface area contributed by atoms with Crippen LogP contribution < -0.4 is 5.56 Å². The molecule has 2 aromatic carbocycles. The van der Waals surface area contributed by atoms with Crippen LogP contribution in [0.4, 0.5) is 0 Å². The topological polar surface area (TPSA) is 113 Å². The second kappa shape index (κ2) is 10.0. The molecule has 3 aromatic rings. The summed E-state index contributed by atoms with van der Waals surface area (Å²) in [5, 5.41) is 0.454. The van der Waals surface area contributed by atoms with E-state index in [0.29, 0.717) is 16.7 Å². The summed E-state index contributed by atoms with van der Waals surface area (Å²) < 4.78 is 31.8. The normalized spacial score (nSPS) is 11.8. The lowest BCUT2D eigenvalue weighted by Gasteiger charge is -2.25. The van der Waals surface area contributed by atoms with Gasteiger partial charge in [0.1, 0.15) is 5.82 Å². The number of fused-ring (bicyclic) bond motifs is 1. The predicted octanol–water partition coefficient (Wildman–Crippen LogP) is 1.53. The maximum absolute atomic E-state index is 13.0. The molecule has 0 radical (unpaired) electrons. The van der Waals surface area contributed by atoms with Crippen molar-refractivity contribution in [1.29, 1.82) is 0 Å². The van der Waals surface area contributed by atoms with Crippen molar-refractivity contribution in [2.75, 3.05) is 33.9 Å². The highest BCUT2D eigenvalue weighted by Gasteiger charge is 2.25. The number of benzene rings is 2. The Bertz CT molecular complexity index is 1260. The summed E-state index contributed by atoms with van der Waals surface area (Å²) in [5.74, 6) is -0.127. The van der Waals surface area contributed by atoms with Crippen LogP contribution in [-0.2, 0) is 26.1 Å². The molecule has 0 saturated heterocycles. The summed E-state index contributed by atoms with van der Waals surface area (Å²) >= 11 is 0. The zero-order valence-corrected chi connectivity index (χ0v) is 19.1. The number of aromatic nitrogens is 2. The quantitative estimate of drug-likeness (QED) is 0.520. The number of hydrogen-bond donors (Lipinski definition) is 1. The average molecular weight is 459 g/mol. The van der Waals surface area contributed by atoms with Gasteiger partial charge in [0.25, 0.3) is 5.56 Å². The molecule has 0 aliphatic carbocycles. The van der Waals surface area contributed by atoms with Gasteiger partial charge in [-0.1, -0.05) is 29.8 Å². The van der Waals surface area contributed by atoms with E-state index in [4.69, 9.17) is 4.74 Å². The number of nitrogens with one attached hydrogen (secondary N) is 1. The van der Waals surface area contributed by atoms with E-state index in [1.807, 2.05) is 6.92 Å². The van der Waals surface area contributed by atoms with Crippen molar-refractivity contribution in [3.8, 4) is 0 Å². The third-order valence-electron chi connectivity index (χ3n) is 5.01. The van der Waals surface area contributed by atoms with Crippen molar-refractivity contribution in [2.45, 2.75) is 18.4 Å². The molecule has 32 heavy (non-hydrogen) atoms. The zero-order valence-electron chi connectivity index (χ0n) is 18.2. The van der Waals surface area contributed by atoms with E-state index in [9.17, 15) is 18.0 Å². The van der Waals surface area contributed by atoms with E-state index in [-0.39, 0.29) is 36.7 Å². The smallest absolute Gasteiger partial charge is 0.258 e. The Labute approximate surface area is 186 Å². The van der Waals surface area contributed by atoms with E-state index in [1.54, 1.807) is 36.4 Å². The number of carbonyl (C=O) groups excluding carboxylic acids is 1. The van der Waals surface area contributed by atoms with Gasteiger partial charge in [0, 0.05) is 20.7 Å². The zero-order chi connectivity index (χ0) is 23.3. The van der Waals surface area contributed by atoms with Gasteiger partial charge < -0.3 is 14.6 Å². The van der Waals surface area contributed by atoms with Crippen LogP contribution in [0.5, 0.6) is 0 Å². The van der Waals surface area contributed by atoms with Gasteiger partial charge in [-0.05, 0) is 31.2 Å². The molecule has 0 fully saturated rings. The lowest BCUT2D eigenvalue weighted by Crippen LogP contribution is -2.42. The number of sulfonamides is 1. The Morgan fingerprint density at radius 2 is 1.81 bits per heavy atom. The predicted molar refractivity (Wildman–Crippen MR) is 121 cm³/mol. The number of aryl methyl sites for hydroxylation is 1. The Kier molecular flexibility index (Phi) is 7.39. The van der Waals surface area contributed by atoms with E-state index in [0.717, 1.165) is 9.87 Å². The molecule has 0 aliphatic rings. The summed E-state index contributed by atoms with van der Waals surface area (Å²) in [6, 6.07) is 13.3. The van der Waals surface area contributed by atoms with E-state index in [1.165, 1.54) is 31.2 Å². The third-order valence-corrected chi connectivity index (χ3v) is 6.83. The summed E-state index contributed by atoms with van der Waals surface area (Å²) in [7, 11) is -0.966. The highest BCUT2D eigenvalue weighted by atomic mass is 32.2. The first kappa shape index (κ1) is 23.6. The third kappa shape index (κ3) is 5.39. The lowest BCUT2D eigenvalue weighted by molar-refractivity contribution is -0.132. The van der Waals surface area contributed by atoms with Crippen LogP contribution >= 0.6 is 0 Å². The molecule has 9 nitrogen and oxygen atoms in total. The summed E-state index contributed by atoms with van der Waals surface area (Å²) in [6.07, 6.45) is 0. The Morgan fingerprint density at radius 3 is 2.50 bits per heavy atom. The van der Waals surface area contributed by atoms with E-state index >= 15 is 0 Å². The first-order chi connectivity index (χ1) is 15.2. The van der Waals surface area contributed by atoms with Gasteiger partial charge in [0.15, 0.2) is 0 Å². The molecule has 3 rings (SSSR count). The number of para-hydroxylation sites is 1. The average Bonchev–Trinajstić information content (AvgIpc) is 2.76. The van der Waals surface area contributed by atoms with Gasteiger partial charge >= 0.3 is 0 Å². The largest absolute Gasteiger partial charge is 0.383 e.